The van der Waals surface area contributed by atoms with Crippen LogP contribution in [-0.4, -0.2) is 31.6 Å². The van der Waals surface area contributed by atoms with Crippen molar-refractivity contribution in [1.29, 1.82) is 0 Å². The maximum absolute atomic E-state index is 12.0. The molecule has 0 bridgehead atoms. The van der Waals surface area contributed by atoms with Crippen molar-refractivity contribution in [2.45, 2.75) is 19.9 Å². The molecule has 6 heteroatoms. The molecule has 2 rings (SSSR count). The summed E-state index contributed by atoms with van der Waals surface area (Å²) in [4.78, 5) is 25.3. The smallest absolute Gasteiger partial charge is 0.321 e. The minimum Gasteiger partial charge on any atom is -0.484 e. The Kier molecular flexibility index (Phi) is 6.39. The summed E-state index contributed by atoms with van der Waals surface area (Å²) in [6, 6.07) is 16.1. The lowest BCUT2D eigenvalue weighted by Crippen LogP contribution is -2.40. The molecule has 0 unspecified atom stereocenters. The van der Waals surface area contributed by atoms with Crippen molar-refractivity contribution in [3.8, 4) is 5.75 Å². The molecule has 0 fully saturated rings. The molecule has 0 aliphatic carbocycles. The van der Waals surface area contributed by atoms with Crippen LogP contribution in [0.1, 0.15) is 13.8 Å². The van der Waals surface area contributed by atoms with Crippen LogP contribution in [0, 0.1) is 0 Å². The number of benzene rings is 2. The Hall–Kier alpha value is -3.02. The standard InChI is InChI=1S/C19H23N3O3/c1-14(2)20-19(24)22(3)16-9-11-17(12-10-16)25-13-18(23)21-15-7-5-4-6-8-15/h4-12,14H,13H2,1-3H3,(H,20,24)(H,21,23). The first-order chi connectivity index (χ1) is 12.0. The number of hydrogen-bond donors (Lipinski definition) is 2. The lowest BCUT2D eigenvalue weighted by Gasteiger charge is -2.20. The molecule has 0 saturated heterocycles. The van der Waals surface area contributed by atoms with E-state index < -0.39 is 0 Å². The van der Waals surface area contributed by atoms with Crippen molar-refractivity contribution in [3.63, 3.8) is 0 Å². The van der Waals surface area contributed by atoms with Gasteiger partial charge in [-0.25, -0.2) is 4.79 Å². The van der Waals surface area contributed by atoms with Gasteiger partial charge >= 0.3 is 6.03 Å². The van der Waals surface area contributed by atoms with Gasteiger partial charge in [-0.05, 0) is 50.2 Å². The molecule has 0 heterocycles. The second kappa shape index (κ2) is 8.73. The predicted octanol–water partition coefficient (Wildman–Crippen LogP) is 3.26. The van der Waals surface area contributed by atoms with Crippen LogP contribution in [0.3, 0.4) is 0 Å². The Morgan fingerprint density at radius 3 is 2.28 bits per heavy atom. The van der Waals surface area contributed by atoms with E-state index in [-0.39, 0.29) is 24.6 Å². The zero-order valence-corrected chi connectivity index (χ0v) is 14.7. The van der Waals surface area contributed by atoms with E-state index in [1.165, 1.54) is 4.90 Å². The van der Waals surface area contributed by atoms with Crippen LogP contribution >= 0.6 is 0 Å². The number of urea groups is 1. The van der Waals surface area contributed by atoms with Gasteiger partial charge in [-0.1, -0.05) is 18.2 Å². The average Bonchev–Trinajstić information content (AvgIpc) is 2.60. The third-order valence-electron chi connectivity index (χ3n) is 3.37. The lowest BCUT2D eigenvalue weighted by molar-refractivity contribution is -0.118. The van der Waals surface area contributed by atoms with E-state index in [9.17, 15) is 9.59 Å². The highest BCUT2D eigenvalue weighted by Gasteiger charge is 2.11. The van der Waals surface area contributed by atoms with Gasteiger partial charge in [-0.15, -0.1) is 0 Å². The first kappa shape index (κ1) is 18.3. The summed E-state index contributed by atoms with van der Waals surface area (Å²) in [7, 11) is 1.70. The number of para-hydroxylation sites is 1. The molecular formula is C19H23N3O3. The Bertz CT molecular complexity index is 700. The summed E-state index contributed by atoms with van der Waals surface area (Å²) in [6.07, 6.45) is 0. The van der Waals surface area contributed by atoms with Crippen molar-refractivity contribution in [3.05, 3.63) is 54.6 Å². The third-order valence-corrected chi connectivity index (χ3v) is 3.37. The Morgan fingerprint density at radius 2 is 1.68 bits per heavy atom. The largest absolute Gasteiger partial charge is 0.484 e. The van der Waals surface area contributed by atoms with Crippen molar-refractivity contribution in [1.82, 2.24) is 5.32 Å². The van der Waals surface area contributed by atoms with Crippen molar-refractivity contribution >= 4 is 23.3 Å². The van der Waals surface area contributed by atoms with E-state index in [2.05, 4.69) is 10.6 Å². The van der Waals surface area contributed by atoms with Crippen molar-refractivity contribution in [2.75, 3.05) is 23.9 Å². The molecule has 0 atom stereocenters. The SMILES string of the molecule is CC(C)NC(=O)N(C)c1ccc(OCC(=O)Nc2ccccc2)cc1. The number of ether oxygens (including phenoxy) is 1. The summed E-state index contributed by atoms with van der Waals surface area (Å²) in [5.74, 6) is 0.327. The fraction of sp³-hybridized carbons (Fsp3) is 0.263. The molecular weight excluding hydrogens is 318 g/mol. The number of rotatable bonds is 6. The normalized spacial score (nSPS) is 10.2. The van der Waals surface area contributed by atoms with Crippen LogP contribution in [0.25, 0.3) is 0 Å². The number of carbonyl (C=O) groups excluding carboxylic acids is 2. The number of nitrogens with zero attached hydrogens (tertiary/aromatic N) is 1. The van der Waals surface area contributed by atoms with Crippen molar-refractivity contribution < 1.29 is 14.3 Å². The van der Waals surface area contributed by atoms with E-state index in [0.29, 0.717) is 5.75 Å². The maximum atomic E-state index is 12.0. The van der Waals surface area contributed by atoms with Gasteiger partial charge in [0.2, 0.25) is 0 Å². The molecule has 0 spiro atoms. The molecule has 0 aliphatic heterocycles. The van der Waals surface area contributed by atoms with E-state index in [0.717, 1.165) is 11.4 Å². The number of nitrogens with one attached hydrogen (secondary N) is 2. The third kappa shape index (κ3) is 5.84. The minimum atomic E-state index is -0.233. The van der Waals surface area contributed by atoms with Gasteiger partial charge in [-0.3, -0.25) is 9.69 Å². The molecule has 3 amide bonds. The highest BCUT2D eigenvalue weighted by Crippen LogP contribution is 2.18. The summed E-state index contributed by atoms with van der Waals surface area (Å²) >= 11 is 0. The van der Waals surface area contributed by atoms with E-state index >= 15 is 0 Å². The van der Waals surface area contributed by atoms with Gasteiger partial charge in [0.1, 0.15) is 5.75 Å². The fourth-order valence-corrected chi connectivity index (χ4v) is 2.09. The molecule has 0 radical (unpaired) electrons. The van der Waals surface area contributed by atoms with E-state index in [1.807, 2.05) is 44.2 Å². The molecule has 0 aromatic heterocycles. The predicted molar refractivity (Wildman–Crippen MR) is 99.1 cm³/mol. The first-order valence-electron chi connectivity index (χ1n) is 8.07. The molecule has 0 saturated carbocycles. The van der Waals surface area contributed by atoms with Crippen LogP contribution in [0.4, 0.5) is 16.2 Å². The molecule has 2 N–H and O–H groups in total. The molecule has 2 aromatic rings. The van der Waals surface area contributed by atoms with E-state index in [1.54, 1.807) is 31.3 Å². The second-order valence-electron chi connectivity index (χ2n) is 5.86. The van der Waals surface area contributed by atoms with E-state index in [4.69, 9.17) is 4.74 Å². The fourth-order valence-electron chi connectivity index (χ4n) is 2.09. The van der Waals surface area contributed by atoms with Crippen LogP contribution < -0.4 is 20.3 Å². The van der Waals surface area contributed by atoms with Gasteiger partial charge in [0.05, 0.1) is 0 Å². The molecule has 2 aromatic carbocycles. The number of amides is 3. The second-order valence-corrected chi connectivity index (χ2v) is 5.86. The average molecular weight is 341 g/mol. The zero-order valence-electron chi connectivity index (χ0n) is 14.7. The highest BCUT2D eigenvalue weighted by atomic mass is 16.5. The van der Waals surface area contributed by atoms with Gasteiger partial charge in [0.25, 0.3) is 5.91 Å². The number of hydrogen-bond acceptors (Lipinski definition) is 3. The monoisotopic (exact) mass is 341 g/mol. The van der Waals surface area contributed by atoms with Crippen LogP contribution in [0.2, 0.25) is 0 Å². The summed E-state index contributed by atoms with van der Waals surface area (Å²) in [6.45, 7) is 3.73. The van der Waals surface area contributed by atoms with Crippen LogP contribution in [0.5, 0.6) is 5.75 Å². The lowest BCUT2D eigenvalue weighted by atomic mass is 10.3. The highest BCUT2D eigenvalue weighted by molar-refractivity contribution is 5.92. The topological polar surface area (TPSA) is 70.7 Å². The van der Waals surface area contributed by atoms with Gasteiger partial charge < -0.3 is 15.4 Å². The molecule has 6 nitrogen and oxygen atoms in total. The zero-order chi connectivity index (χ0) is 18.2. The Balaban J connectivity index is 1.85. The summed E-state index contributed by atoms with van der Waals surface area (Å²) in [5, 5.41) is 5.57. The molecule has 25 heavy (non-hydrogen) atoms. The van der Waals surface area contributed by atoms with Gasteiger partial charge in [0, 0.05) is 24.5 Å². The van der Waals surface area contributed by atoms with Crippen molar-refractivity contribution in [2.24, 2.45) is 0 Å². The van der Waals surface area contributed by atoms with Crippen LogP contribution in [-0.2, 0) is 4.79 Å². The Labute approximate surface area is 147 Å². The first-order valence-corrected chi connectivity index (χ1v) is 8.07. The quantitative estimate of drug-likeness (QED) is 0.847. The van der Waals surface area contributed by atoms with Gasteiger partial charge in [-0.2, -0.15) is 0 Å². The number of anilines is 2. The summed E-state index contributed by atoms with van der Waals surface area (Å²) in [5.41, 5.74) is 1.46. The maximum Gasteiger partial charge on any atom is 0.321 e. The molecule has 0 aliphatic rings. The molecule has 132 valence electrons. The van der Waals surface area contributed by atoms with Crippen LogP contribution in [0.15, 0.2) is 54.6 Å². The summed E-state index contributed by atoms with van der Waals surface area (Å²) < 4.78 is 5.47. The van der Waals surface area contributed by atoms with Gasteiger partial charge in [0.15, 0.2) is 6.61 Å². The number of carbonyl (C=O) groups is 2. The Morgan fingerprint density at radius 1 is 1.04 bits per heavy atom. The minimum absolute atomic E-state index is 0.0701.